The number of hydrogen-bond acceptors (Lipinski definition) is 7. The molecule has 3 aromatic carbocycles. The topological polar surface area (TPSA) is 123 Å². The molecule has 0 aliphatic heterocycles. The van der Waals surface area contributed by atoms with Crippen molar-refractivity contribution in [1.29, 1.82) is 0 Å². The van der Waals surface area contributed by atoms with Crippen LogP contribution in [0.4, 0.5) is 21.9 Å². The summed E-state index contributed by atoms with van der Waals surface area (Å²) in [6.45, 7) is 3.94. The van der Waals surface area contributed by atoms with Gasteiger partial charge in [-0.15, -0.1) is 11.8 Å². The molecular weight excluding hydrogens is 514 g/mol. The van der Waals surface area contributed by atoms with Gasteiger partial charge >= 0.3 is 6.09 Å². The van der Waals surface area contributed by atoms with E-state index >= 15 is 0 Å². The third-order valence-corrected chi connectivity index (χ3v) is 6.96. The number of rotatable bonds is 11. The van der Waals surface area contributed by atoms with Crippen LogP contribution in [0.1, 0.15) is 38.4 Å². The van der Waals surface area contributed by atoms with E-state index in [0.717, 1.165) is 4.90 Å². The maximum Gasteiger partial charge on any atom is 0.412 e. The van der Waals surface area contributed by atoms with Crippen molar-refractivity contribution >= 4 is 40.8 Å². The van der Waals surface area contributed by atoms with Gasteiger partial charge in [-0.3, -0.25) is 10.1 Å². The van der Waals surface area contributed by atoms with Crippen LogP contribution < -0.4 is 21.1 Å². The number of para-hydroxylation sites is 2. The van der Waals surface area contributed by atoms with Gasteiger partial charge in [0.1, 0.15) is 6.10 Å². The summed E-state index contributed by atoms with van der Waals surface area (Å²) in [5.74, 6) is -0.0173. The molecule has 0 radical (unpaired) electrons. The number of phenolic OH excluding ortho intramolecular Hbond substituents is 1. The Kier molecular flexibility index (Phi) is 10.3. The highest BCUT2D eigenvalue weighted by Crippen LogP contribution is 2.43. The summed E-state index contributed by atoms with van der Waals surface area (Å²) >= 11 is 1.61. The van der Waals surface area contributed by atoms with Crippen LogP contribution in [0.2, 0.25) is 0 Å². The van der Waals surface area contributed by atoms with Crippen LogP contribution >= 0.6 is 11.8 Å². The molecule has 0 aromatic heterocycles. The van der Waals surface area contributed by atoms with Crippen LogP contribution in [0.5, 0.6) is 11.5 Å². The van der Waals surface area contributed by atoms with Crippen molar-refractivity contribution in [1.82, 2.24) is 0 Å². The van der Waals surface area contributed by atoms with Crippen molar-refractivity contribution in [3.05, 3.63) is 84.4 Å². The van der Waals surface area contributed by atoms with Crippen LogP contribution in [0.25, 0.3) is 0 Å². The molecule has 5 N–H and O–H groups in total. The first kappa shape index (κ1) is 29.4. The highest BCUT2D eigenvalue weighted by Gasteiger charge is 2.34. The lowest BCUT2D eigenvalue weighted by Gasteiger charge is -2.34. The molecule has 0 saturated heterocycles. The van der Waals surface area contributed by atoms with E-state index in [4.69, 9.17) is 15.2 Å². The SMILES string of the molecule is COc1ccc([C@H](OC(=O)Nc2ccc(SC)cc2)C(C)(C)CC/C=C/C(=O)Nc2ccccc2N)cc1O. The number of methoxy groups -OCH3 is 1. The van der Waals surface area contributed by atoms with Gasteiger partial charge in [0.25, 0.3) is 0 Å². The Morgan fingerprint density at radius 1 is 1.08 bits per heavy atom. The van der Waals surface area contributed by atoms with E-state index in [1.54, 1.807) is 60.3 Å². The number of ether oxygens (including phenoxy) is 2. The Morgan fingerprint density at radius 3 is 2.44 bits per heavy atom. The number of hydrogen-bond donors (Lipinski definition) is 4. The summed E-state index contributed by atoms with van der Waals surface area (Å²) in [7, 11) is 1.47. The van der Waals surface area contributed by atoms with E-state index in [9.17, 15) is 14.7 Å². The fraction of sp³-hybridized carbons (Fsp3) is 0.267. The van der Waals surface area contributed by atoms with Crippen molar-refractivity contribution in [2.75, 3.05) is 29.7 Å². The monoisotopic (exact) mass is 549 g/mol. The smallest absolute Gasteiger partial charge is 0.412 e. The van der Waals surface area contributed by atoms with Gasteiger partial charge in [-0.2, -0.15) is 0 Å². The van der Waals surface area contributed by atoms with Gasteiger partial charge in [-0.05, 0) is 79.3 Å². The van der Waals surface area contributed by atoms with Crippen molar-refractivity contribution in [2.24, 2.45) is 5.41 Å². The van der Waals surface area contributed by atoms with E-state index in [1.807, 2.05) is 44.4 Å². The molecule has 2 amide bonds. The quantitative estimate of drug-likeness (QED) is 0.115. The maximum absolute atomic E-state index is 12.9. The molecule has 0 saturated carbocycles. The first-order valence-electron chi connectivity index (χ1n) is 12.4. The number of nitrogens with one attached hydrogen (secondary N) is 2. The molecule has 0 bridgehead atoms. The average molecular weight is 550 g/mol. The standard InChI is InChI=1S/C30H35N3O5S/c1-30(2,18-8-7-11-27(35)33-24-10-6-5-9-23(24)31)28(20-12-17-26(37-3)25(34)19-20)38-29(36)32-21-13-15-22(39-4)16-14-21/h5-7,9-17,19,28,34H,8,18,31H2,1-4H3,(H,32,36)(H,33,35)/b11-7+/t28-/m0/s1. The van der Waals surface area contributed by atoms with Gasteiger partial charge in [0.05, 0.1) is 18.5 Å². The molecule has 1 atom stereocenters. The zero-order chi connectivity index (χ0) is 28.4. The number of carbonyl (C=O) groups excluding carboxylic acids is 2. The predicted octanol–water partition coefficient (Wildman–Crippen LogP) is 7.00. The third-order valence-electron chi connectivity index (χ3n) is 6.22. The number of thioether (sulfide) groups is 1. The molecule has 3 aromatic rings. The zero-order valence-electron chi connectivity index (χ0n) is 22.6. The maximum atomic E-state index is 12.9. The first-order valence-corrected chi connectivity index (χ1v) is 13.7. The minimum atomic E-state index is -0.703. The predicted molar refractivity (Wildman–Crippen MR) is 157 cm³/mol. The second-order valence-corrected chi connectivity index (χ2v) is 10.5. The summed E-state index contributed by atoms with van der Waals surface area (Å²) in [6, 6.07) is 19.4. The normalized spacial score (nSPS) is 12.1. The van der Waals surface area contributed by atoms with Gasteiger partial charge in [0, 0.05) is 16.0 Å². The summed E-state index contributed by atoms with van der Waals surface area (Å²) in [5.41, 5.74) is 7.59. The van der Waals surface area contributed by atoms with Crippen LogP contribution in [0, 0.1) is 5.41 Å². The molecule has 0 unspecified atom stereocenters. The van der Waals surface area contributed by atoms with E-state index in [1.165, 1.54) is 13.2 Å². The highest BCUT2D eigenvalue weighted by atomic mass is 32.2. The number of carbonyl (C=O) groups is 2. The second kappa shape index (κ2) is 13.6. The summed E-state index contributed by atoms with van der Waals surface area (Å²) in [4.78, 5) is 26.3. The minimum absolute atomic E-state index is 0.0517. The number of anilines is 3. The lowest BCUT2D eigenvalue weighted by atomic mass is 9.78. The molecular formula is C30H35N3O5S. The van der Waals surface area contributed by atoms with E-state index in [-0.39, 0.29) is 11.7 Å². The number of phenols is 1. The molecule has 0 spiro atoms. The lowest BCUT2D eigenvalue weighted by molar-refractivity contribution is -0.111. The summed E-state index contributed by atoms with van der Waals surface area (Å²) < 4.78 is 11.1. The Hall–Kier alpha value is -4.11. The fourth-order valence-corrected chi connectivity index (χ4v) is 4.45. The van der Waals surface area contributed by atoms with Crippen molar-refractivity contribution in [3.8, 4) is 11.5 Å². The van der Waals surface area contributed by atoms with E-state index in [2.05, 4.69) is 10.6 Å². The van der Waals surface area contributed by atoms with Crippen LogP contribution in [0.3, 0.4) is 0 Å². The first-order chi connectivity index (χ1) is 18.6. The number of benzene rings is 3. The van der Waals surface area contributed by atoms with Gasteiger partial charge in [0.15, 0.2) is 11.5 Å². The number of nitrogen functional groups attached to an aromatic ring is 1. The number of amides is 2. The largest absolute Gasteiger partial charge is 0.504 e. The Morgan fingerprint density at radius 2 is 1.79 bits per heavy atom. The van der Waals surface area contributed by atoms with Gasteiger partial charge in [-0.1, -0.05) is 38.1 Å². The van der Waals surface area contributed by atoms with Crippen LogP contribution in [-0.2, 0) is 9.53 Å². The van der Waals surface area contributed by atoms with Gasteiger partial charge in [0.2, 0.25) is 5.91 Å². The lowest BCUT2D eigenvalue weighted by Crippen LogP contribution is -2.29. The zero-order valence-corrected chi connectivity index (χ0v) is 23.4. The molecule has 0 aliphatic rings. The molecule has 206 valence electrons. The molecule has 3 rings (SSSR count). The van der Waals surface area contributed by atoms with Crippen LogP contribution in [0.15, 0.2) is 83.8 Å². The summed E-state index contributed by atoms with van der Waals surface area (Å²) in [6.07, 6.45) is 5.02. The molecule has 8 nitrogen and oxygen atoms in total. The van der Waals surface area contributed by atoms with Gasteiger partial charge in [-0.25, -0.2) is 4.79 Å². The number of allylic oxidation sites excluding steroid dienone is 1. The molecule has 0 fully saturated rings. The van der Waals surface area contributed by atoms with Crippen molar-refractivity contribution in [3.63, 3.8) is 0 Å². The van der Waals surface area contributed by atoms with Gasteiger partial charge < -0.3 is 25.6 Å². The van der Waals surface area contributed by atoms with Crippen molar-refractivity contribution < 1.29 is 24.2 Å². The second-order valence-electron chi connectivity index (χ2n) is 9.58. The average Bonchev–Trinajstić information content (AvgIpc) is 2.91. The highest BCUT2D eigenvalue weighted by molar-refractivity contribution is 7.98. The van der Waals surface area contributed by atoms with E-state index < -0.39 is 17.6 Å². The fourth-order valence-electron chi connectivity index (χ4n) is 4.04. The van der Waals surface area contributed by atoms with E-state index in [0.29, 0.717) is 41.2 Å². The molecule has 9 heteroatoms. The summed E-state index contributed by atoms with van der Waals surface area (Å²) in [5, 5.41) is 15.9. The van der Waals surface area contributed by atoms with Crippen LogP contribution in [-0.4, -0.2) is 30.5 Å². The molecule has 0 aliphatic carbocycles. The number of aromatic hydroxyl groups is 1. The number of nitrogens with two attached hydrogens (primary N) is 1. The Bertz CT molecular complexity index is 1310. The molecule has 0 heterocycles. The third kappa shape index (κ3) is 8.44. The minimum Gasteiger partial charge on any atom is -0.504 e. The Labute approximate surface area is 233 Å². The van der Waals surface area contributed by atoms with Crippen molar-refractivity contribution in [2.45, 2.75) is 37.7 Å². The Balaban J connectivity index is 1.72. The molecule has 39 heavy (non-hydrogen) atoms.